The summed E-state index contributed by atoms with van der Waals surface area (Å²) in [5, 5.41) is 0.905. The Balaban J connectivity index is 2.93. The van der Waals surface area contributed by atoms with E-state index in [9.17, 15) is 4.79 Å². The third-order valence-electron chi connectivity index (χ3n) is 1.71. The molecule has 0 aliphatic heterocycles. The zero-order valence-corrected chi connectivity index (χ0v) is 6.41. The second-order valence-corrected chi connectivity index (χ2v) is 2.60. The van der Waals surface area contributed by atoms with Gasteiger partial charge < -0.3 is 10.2 Å². The Morgan fingerprint density at radius 1 is 1.25 bits per heavy atom. The van der Waals surface area contributed by atoms with Crippen molar-refractivity contribution in [1.82, 2.24) is 0 Å². The van der Waals surface area contributed by atoms with Crippen molar-refractivity contribution in [2.45, 2.75) is 0 Å². The maximum atomic E-state index is 11.0. The number of benzene rings is 1. The quantitative estimate of drug-likeness (QED) is 0.578. The van der Waals surface area contributed by atoms with Crippen LogP contribution in [0.15, 0.2) is 39.5 Å². The highest BCUT2D eigenvalue weighted by Gasteiger charge is 2.02. The van der Waals surface area contributed by atoms with Crippen molar-refractivity contribution >= 4 is 16.7 Å². The number of rotatable bonds is 0. The summed E-state index contributed by atoms with van der Waals surface area (Å²) in [6.07, 6.45) is 0. The first-order valence-electron chi connectivity index (χ1n) is 3.62. The molecule has 1 heterocycles. The van der Waals surface area contributed by atoms with Gasteiger partial charge in [-0.3, -0.25) is 0 Å². The van der Waals surface area contributed by atoms with Crippen LogP contribution in [0, 0.1) is 0 Å². The van der Waals surface area contributed by atoms with Crippen LogP contribution in [-0.4, -0.2) is 0 Å². The van der Waals surface area contributed by atoms with Crippen LogP contribution in [0.25, 0.3) is 11.0 Å². The molecule has 3 heteroatoms. The molecule has 3 N–H and O–H groups in total. The lowest BCUT2D eigenvalue weighted by Crippen LogP contribution is -2.45. The molecule has 1 aromatic carbocycles. The minimum absolute atomic E-state index is 0.367. The van der Waals surface area contributed by atoms with Crippen LogP contribution in [0.3, 0.4) is 0 Å². The van der Waals surface area contributed by atoms with Gasteiger partial charge in [0.2, 0.25) is 5.69 Å². The lowest BCUT2D eigenvalue weighted by atomic mass is 10.2. The molecule has 12 heavy (non-hydrogen) atoms. The van der Waals surface area contributed by atoms with E-state index in [1.807, 2.05) is 18.2 Å². The van der Waals surface area contributed by atoms with Gasteiger partial charge in [0.15, 0.2) is 0 Å². The molecule has 0 aliphatic carbocycles. The van der Waals surface area contributed by atoms with Crippen molar-refractivity contribution in [3.63, 3.8) is 0 Å². The molecule has 2 aromatic rings. The van der Waals surface area contributed by atoms with Crippen molar-refractivity contribution in [3.8, 4) is 0 Å². The maximum absolute atomic E-state index is 11.0. The molecule has 2 rings (SSSR count). The van der Waals surface area contributed by atoms with Crippen molar-refractivity contribution in [2.24, 2.45) is 0 Å². The zero-order valence-electron chi connectivity index (χ0n) is 6.41. The molecule has 0 amide bonds. The highest BCUT2D eigenvalue weighted by molar-refractivity contribution is 5.77. The standard InChI is InChI=1S/C9H7NO2/c10-7-5-6-3-1-2-4-8(6)12-9(7)11/h1-5H,10H2/p+1. The van der Waals surface area contributed by atoms with E-state index in [2.05, 4.69) is 5.73 Å². The van der Waals surface area contributed by atoms with Crippen LogP contribution in [0.4, 0.5) is 5.69 Å². The van der Waals surface area contributed by atoms with Crippen molar-refractivity contribution in [2.75, 3.05) is 0 Å². The largest absolute Gasteiger partial charge is 0.418 e. The first-order valence-corrected chi connectivity index (χ1v) is 3.62. The van der Waals surface area contributed by atoms with E-state index < -0.39 is 0 Å². The summed E-state index contributed by atoms with van der Waals surface area (Å²) in [7, 11) is 0. The van der Waals surface area contributed by atoms with E-state index in [1.54, 1.807) is 12.1 Å². The number of hydrogen-bond donors (Lipinski definition) is 1. The lowest BCUT2D eigenvalue weighted by molar-refractivity contribution is -0.258. The van der Waals surface area contributed by atoms with E-state index in [4.69, 9.17) is 4.42 Å². The lowest BCUT2D eigenvalue weighted by Gasteiger charge is -1.93. The van der Waals surface area contributed by atoms with Gasteiger partial charge in [-0.1, -0.05) is 18.2 Å². The van der Waals surface area contributed by atoms with Crippen LogP contribution < -0.4 is 11.4 Å². The number of quaternary nitrogens is 1. The third kappa shape index (κ3) is 1.00. The van der Waals surface area contributed by atoms with Crippen LogP contribution in [0.5, 0.6) is 0 Å². The first kappa shape index (κ1) is 7.06. The average molecular weight is 162 g/mol. The minimum atomic E-state index is -0.367. The fraction of sp³-hybridized carbons (Fsp3) is 0. The highest BCUT2D eigenvalue weighted by Crippen LogP contribution is 2.11. The van der Waals surface area contributed by atoms with Crippen LogP contribution in [0.2, 0.25) is 0 Å². The Bertz CT molecular complexity index is 473. The topological polar surface area (TPSA) is 57.9 Å². The van der Waals surface area contributed by atoms with Crippen LogP contribution >= 0.6 is 0 Å². The highest BCUT2D eigenvalue weighted by atomic mass is 16.4. The molecular formula is C9H8NO2+. The molecule has 60 valence electrons. The van der Waals surface area contributed by atoms with Gasteiger partial charge in [0.05, 0.1) is 0 Å². The SMILES string of the molecule is [NH3+]c1cc2ccccc2oc1=O. The molecular weight excluding hydrogens is 154 g/mol. The van der Waals surface area contributed by atoms with E-state index in [1.165, 1.54) is 0 Å². The second kappa shape index (κ2) is 2.46. The van der Waals surface area contributed by atoms with E-state index >= 15 is 0 Å². The van der Waals surface area contributed by atoms with E-state index in [-0.39, 0.29) is 5.63 Å². The Morgan fingerprint density at radius 3 is 2.83 bits per heavy atom. The summed E-state index contributed by atoms with van der Waals surface area (Å²) in [5.41, 5.74) is 4.20. The molecule has 0 bridgehead atoms. The molecule has 0 radical (unpaired) electrons. The summed E-state index contributed by atoms with van der Waals surface area (Å²) in [5.74, 6) is 0. The van der Waals surface area contributed by atoms with Gasteiger partial charge in [-0.2, -0.15) is 0 Å². The molecule has 0 fully saturated rings. The van der Waals surface area contributed by atoms with E-state index in [0.29, 0.717) is 11.3 Å². The average Bonchev–Trinajstić information content (AvgIpc) is 2.07. The Kier molecular flexibility index (Phi) is 1.45. The predicted octanol–water partition coefficient (Wildman–Crippen LogP) is 0.666. The molecule has 0 saturated heterocycles. The number of hydrogen-bond acceptors (Lipinski definition) is 2. The maximum Gasteiger partial charge on any atom is 0.398 e. The van der Waals surface area contributed by atoms with E-state index in [0.717, 1.165) is 5.39 Å². The van der Waals surface area contributed by atoms with Gasteiger partial charge in [0.25, 0.3) is 0 Å². The smallest absolute Gasteiger partial charge is 0.398 e. The Morgan fingerprint density at radius 2 is 2.00 bits per heavy atom. The molecule has 0 saturated carbocycles. The Labute approximate surface area is 68.4 Å². The second-order valence-electron chi connectivity index (χ2n) is 2.60. The molecule has 0 aliphatic rings. The molecule has 1 aromatic heterocycles. The Hall–Kier alpha value is -1.61. The van der Waals surface area contributed by atoms with Gasteiger partial charge in [0, 0.05) is 11.5 Å². The van der Waals surface area contributed by atoms with Gasteiger partial charge in [-0.25, -0.2) is 4.79 Å². The molecule has 0 atom stereocenters. The monoisotopic (exact) mass is 162 g/mol. The minimum Gasteiger partial charge on any atom is -0.418 e. The van der Waals surface area contributed by atoms with Crippen molar-refractivity contribution < 1.29 is 10.2 Å². The van der Waals surface area contributed by atoms with Gasteiger partial charge >= 0.3 is 5.63 Å². The summed E-state index contributed by atoms with van der Waals surface area (Å²) in [4.78, 5) is 11.0. The fourth-order valence-corrected chi connectivity index (χ4v) is 1.10. The zero-order chi connectivity index (χ0) is 8.55. The summed E-state index contributed by atoms with van der Waals surface area (Å²) >= 11 is 0. The third-order valence-corrected chi connectivity index (χ3v) is 1.71. The van der Waals surface area contributed by atoms with Crippen LogP contribution in [0.1, 0.15) is 0 Å². The van der Waals surface area contributed by atoms with Gasteiger partial charge in [0.1, 0.15) is 5.58 Å². The summed E-state index contributed by atoms with van der Waals surface area (Å²) in [6.45, 7) is 0. The fourth-order valence-electron chi connectivity index (χ4n) is 1.10. The van der Waals surface area contributed by atoms with Gasteiger partial charge in [-0.15, -0.1) is 0 Å². The summed E-state index contributed by atoms with van der Waals surface area (Å²) < 4.78 is 4.97. The van der Waals surface area contributed by atoms with Crippen molar-refractivity contribution in [1.29, 1.82) is 0 Å². The van der Waals surface area contributed by atoms with Gasteiger partial charge in [-0.05, 0) is 6.07 Å². The number of fused-ring (bicyclic) bond motifs is 1. The predicted molar refractivity (Wildman–Crippen MR) is 45.0 cm³/mol. The van der Waals surface area contributed by atoms with Crippen molar-refractivity contribution in [3.05, 3.63) is 40.8 Å². The number of para-hydroxylation sites is 1. The normalized spacial score (nSPS) is 10.4. The van der Waals surface area contributed by atoms with Crippen LogP contribution in [-0.2, 0) is 0 Å². The molecule has 0 spiro atoms. The molecule has 0 unspecified atom stereocenters. The molecule has 3 nitrogen and oxygen atoms in total. The first-order chi connectivity index (χ1) is 5.77. The summed E-state index contributed by atoms with van der Waals surface area (Å²) in [6, 6.07) is 9.08.